The van der Waals surface area contributed by atoms with Crippen LogP contribution in [0.2, 0.25) is 5.02 Å². The van der Waals surface area contributed by atoms with E-state index in [0.717, 1.165) is 0 Å². The Morgan fingerprint density at radius 1 is 1.14 bits per heavy atom. The summed E-state index contributed by atoms with van der Waals surface area (Å²) in [6.45, 7) is -0.0168. The number of ketones is 1. The fourth-order valence-corrected chi connectivity index (χ4v) is 2.74. The molecule has 1 heterocycles. The lowest BCUT2D eigenvalue weighted by Gasteiger charge is -2.17. The molecule has 6 heteroatoms. The van der Waals surface area contributed by atoms with Gasteiger partial charge in [-0.05, 0) is 30.3 Å². The van der Waals surface area contributed by atoms with E-state index in [-0.39, 0.29) is 6.54 Å². The van der Waals surface area contributed by atoms with Gasteiger partial charge in [0.25, 0.3) is 11.7 Å². The van der Waals surface area contributed by atoms with Crippen LogP contribution in [0.3, 0.4) is 0 Å². The van der Waals surface area contributed by atoms with Crippen LogP contribution in [0.1, 0.15) is 15.9 Å². The maximum absolute atomic E-state index is 13.9. The third-order valence-electron chi connectivity index (χ3n) is 3.28. The largest absolute Gasteiger partial charge is 0.300 e. The van der Waals surface area contributed by atoms with Crippen molar-refractivity contribution < 1.29 is 14.0 Å². The molecule has 1 aliphatic rings. The second-order valence-electron chi connectivity index (χ2n) is 4.62. The summed E-state index contributed by atoms with van der Waals surface area (Å²) in [5, 5.41) is 0.414. The molecular formula is C15H8BrClFNO2. The van der Waals surface area contributed by atoms with Gasteiger partial charge in [-0.15, -0.1) is 0 Å². The van der Waals surface area contributed by atoms with Crippen LogP contribution >= 0.6 is 27.5 Å². The zero-order valence-corrected chi connectivity index (χ0v) is 12.9. The van der Waals surface area contributed by atoms with E-state index in [4.69, 9.17) is 11.6 Å². The van der Waals surface area contributed by atoms with Crippen molar-refractivity contribution in [1.29, 1.82) is 0 Å². The van der Waals surface area contributed by atoms with Gasteiger partial charge in [0.05, 0.1) is 17.8 Å². The molecule has 0 saturated heterocycles. The third kappa shape index (κ3) is 2.47. The van der Waals surface area contributed by atoms with Crippen LogP contribution < -0.4 is 4.90 Å². The second kappa shape index (κ2) is 5.24. The van der Waals surface area contributed by atoms with Crippen LogP contribution in [-0.4, -0.2) is 11.7 Å². The van der Waals surface area contributed by atoms with Crippen molar-refractivity contribution in [2.75, 3.05) is 4.90 Å². The average molecular weight is 369 g/mol. The molecule has 0 fully saturated rings. The Morgan fingerprint density at radius 2 is 1.90 bits per heavy atom. The van der Waals surface area contributed by atoms with Gasteiger partial charge in [0.1, 0.15) is 5.82 Å². The number of rotatable bonds is 2. The molecule has 0 bridgehead atoms. The Labute approximate surface area is 133 Å². The molecule has 0 aromatic heterocycles. The zero-order valence-electron chi connectivity index (χ0n) is 10.6. The van der Waals surface area contributed by atoms with Gasteiger partial charge in [-0.2, -0.15) is 0 Å². The highest BCUT2D eigenvalue weighted by atomic mass is 79.9. The Kier molecular flexibility index (Phi) is 3.55. The standard InChI is InChI=1S/C15H8BrClFNO2/c16-9-2-1-8(12(18)5-9)7-19-13-6-10(17)3-4-11(13)14(20)15(19)21/h1-6H,7H2. The lowest BCUT2D eigenvalue weighted by Crippen LogP contribution is -2.29. The fourth-order valence-electron chi connectivity index (χ4n) is 2.24. The highest BCUT2D eigenvalue weighted by Crippen LogP contribution is 2.33. The molecule has 0 N–H and O–H groups in total. The van der Waals surface area contributed by atoms with Crippen molar-refractivity contribution in [2.24, 2.45) is 0 Å². The Bertz CT molecular complexity index is 778. The highest BCUT2D eigenvalue weighted by molar-refractivity contribution is 9.10. The Hall–Kier alpha value is -1.72. The van der Waals surface area contributed by atoms with E-state index in [1.165, 1.54) is 23.1 Å². The second-order valence-corrected chi connectivity index (χ2v) is 5.97. The first-order valence-electron chi connectivity index (χ1n) is 6.07. The molecule has 0 radical (unpaired) electrons. The van der Waals surface area contributed by atoms with E-state index in [9.17, 15) is 14.0 Å². The number of halogens is 3. The van der Waals surface area contributed by atoms with Crippen molar-refractivity contribution in [1.82, 2.24) is 0 Å². The summed E-state index contributed by atoms with van der Waals surface area (Å²) in [5.41, 5.74) is 1.04. The molecule has 0 aliphatic carbocycles. The number of Topliss-reactive ketones (excluding diaryl/α,β-unsaturated/α-hetero) is 1. The molecule has 2 aromatic carbocycles. The fraction of sp³-hybridized carbons (Fsp3) is 0.0667. The molecule has 21 heavy (non-hydrogen) atoms. The number of carbonyl (C=O) groups is 2. The molecule has 0 saturated carbocycles. The van der Waals surface area contributed by atoms with Gasteiger partial charge in [0.15, 0.2) is 0 Å². The van der Waals surface area contributed by atoms with Crippen molar-refractivity contribution in [3.05, 3.63) is 62.8 Å². The van der Waals surface area contributed by atoms with Gasteiger partial charge in [-0.1, -0.05) is 33.6 Å². The van der Waals surface area contributed by atoms with Gasteiger partial charge in [0, 0.05) is 15.1 Å². The minimum atomic E-state index is -0.672. The first kappa shape index (κ1) is 14.2. The number of carbonyl (C=O) groups excluding carboxylic acids is 2. The number of benzene rings is 2. The predicted molar refractivity (Wildman–Crippen MR) is 81.1 cm³/mol. The maximum Gasteiger partial charge on any atom is 0.299 e. The van der Waals surface area contributed by atoms with Crippen molar-refractivity contribution in [2.45, 2.75) is 6.54 Å². The SMILES string of the molecule is O=C1C(=O)N(Cc2ccc(Br)cc2F)c2cc(Cl)ccc21. The molecule has 3 rings (SSSR count). The number of anilines is 1. The third-order valence-corrected chi connectivity index (χ3v) is 4.01. The van der Waals surface area contributed by atoms with Gasteiger partial charge in [-0.3, -0.25) is 9.59 Å². The zero-order chi connectivity index (χ0) is 15.1. The van der Waals surface area contributed by atoms with Crippen molar-refractivity contribution >= 4 is 44.9 Å². The van der Waals surface area contributed by atoms with Crippen LogP contribution in [0.15, 0.2) is 40.9 Å². The van der Waals surface area contributed by atoms with E-state index in [1.807, 2.05) is 0 Å². The highest BCUT2D eigenvalue weighted by Gasteiger charge is 2.36. The minimum Gasteiger partial charge on any atom is -0.300 e. The summed E-state index contributed by atoms with van der Waals surface area (Å²) in [7, 11) is 0. The van der Waals surface area contributed by atoms with Gasteiger partial charge in [-0.25, -0.2) is 4.39 Å². The molecule has 106 valence electrons. The number of fused-ring (bicyclic) bond motifs is 1. The number of hydrogen-bond acceptors (Lipinski definition) is 2. The molecule has 1 amide bonds. The molecule has 0 atom stereocenters. The molecule has 0 spiro atoms. The molecule has 0 unspecified atom stereocenters. The smallest absolute Gasteiger partial charge is 0.299 e. The number of nitrogens with zero attached hydrogens (tertiary/aromatic N) is 1. The van der Waals surface area contributed by atoms with Crippen LogP contribution in [0, 0.1) is 5.82 Å². The van der Waals surface area contributed by atoms with E-state index >= 15 is 0 Å². The van der Waals surface area contributed by atoms with Gasteiger partial charge >= 0.3 is 0 Å². The van der Waals surface area contributed by atoms with E-state index in [2.05, 4.69) is 15.9 Å². The van der Waals surface area contributed by atoms with Gasteiger partial charge in [0.2, 0.25) is 0 Å². The summed E-state index contributed by atoms with van der Waals surface area (Å²) in [4.78, 5) is 25.2. The van der Waals surface area contributed by atoms with Crippen molar-refractivity contribution in [3.8, 4) is 0 Å². The maximum atomic E-state index is 13.9. The number of hydrogen-bond donors (Lipinski definition) is 0. The predicted octanol–water partition coefficient (Wildman–Crippen LogP) is 3.97. The molecule has 1 aliphatic heterocycles. The van der Waals surface area contributed by atoms with E-state index in [1.54, 1.807) is 18.2 Å². The van der Waals surface area contributed by atoms with E-state index in [0.29, 0.717) is 26.3 Å². The average Bonchev–Trinajstić information content (AvgIpc) is 2.66. The first-order chi connectivity index (χ1) is 9.97. The quantitative estimate of drug-likeness (QED) is 0.752. The topological polar surface area (TPSA) is 37.4 Å². The summed E-state index contributed by atoms with van der Waals surface area (Å²) in [5.74, 6) is -1.71. The lowest BCUT2D eigenvalue weighted by atomic mass is 10.1. The Morgan fingerprint density at radius 3 is 2.62 bits per heavy atom. The lowest BCUT2D eigenvalue weighted by molar-refractivity contribution is -0.114. The van der Waals surface area contributed by atoms with Crippen LogP contribution in [-0.2, 0) is 11.3 Å². The molecular weight excluding hydrogens is 361 g/mol. The monoisotopic (exact) mass is 367 g/mol. The summed E-state index contributed by atoms with van der Waals surface area (Å²) in [6, 6.07) is 9.16. The Balaban J connectivity index is 2.02. The normalized spacial score (nSPS) is 13.8. The summed E-state index contributed by atoms with van der Waals surface area (Å²) >= 11 is 9.08. The minimum absolute atomic E-state index is 0.0168. The first-order valence-corrected chi connectivity index (χ1v) is 7.24. The van der Waals surface area contributed by atoms with Crippen LogP contribution in [0.25, 0.3) is 0 Å². The molecule has 2 aromatic rings. The van der Waals surface area contributed by atoms with Gasteiger partial charge < -0.3 is 4.90 Å². The number of amides is 1. The van der Waals surface area contributed by atoms with Crippen LogP contribution in [0.5, 0.6) is 0 Å². The van der Waals surface area contributed by atoms with Crippen molar-refractivity contribution in [3.63, 3.8) is 0 Å². The summed E-state index contributed by atoms with van der Waals surface area (Å²) < 4.78 is 14.5. The van der Waals surface area contributed by atoms with Crippen LogP contribution in [0.4, 0.5) is 10.1 Å². The van der Waals surface area contributed by atoms with E-state index < -0.39 is 17.5 Å². The summed E-state index contributed by atoms with van der Waals surface area (Å²) in [6.07, 6.45) is 0. The molecule has 3 nitrogen and oxygen atoms in total.